The Bertz CT molecular complexity index is 981. The van der Waals surface area contributed by atoms with Gasteiger partial charge < -0.3 is 5.32 Å². The Morgan fingerprint density at radius 2 is 1.81 bits per heavy atom. The van der Waals surface area contributed by atoms with Crippen molar-refractivity contribution in [2.24, 2.45) is 0 Å². The van der Waals surface area contributed by atoms with Gasteiger partial charge in [0.25, 0.3) is 5.91 Å². The lowest BCUT2D eigenvalue weighted by atomic mass is 10.1. The van der Waals surface area contributed by atoms with Crippen molar-refractivity contribution < 1.29 is 13.2 Å². The molecule has 134 valence electrons. The van der Waals surface area contributed by atoms with E-state index in [9.17, 15) is 13.2 Å². The van der Waals surface area contributed by atoms with E-state index in [2.05, 4.69) is 5.32 Å². The zero-order valence-corrected chi connectivity index (χ0v) is 15.9. The summed E-state index contributed by atoms with van der Waals surface area (Å²) >= 11 is 1.18. The molecule has 6 heteroatoms. The molecule has 1 aromatic heterocycles. The number of benzene rings is 2. The maximum atomic E-state index is 13.1. The van der Waals surface area contributed by atoms with Gasteiger partial charge in [0.05, 0.1) is 0 Å². The molecule has 1 atom stereocenters. The highest BCUT2D eigenvalue weighted by molar-refractivity contribution is 7.93. The lowest BCUT2D eigenvalue weighted by Crippen LogP contribution is -2.31. The number of rotatable bonds is 6. The average molecular weight is 386 g/mol. The van der Waals surface area contributed by atoms with Crippen LogP contribution < -0.4 is 5.32 Å². The van der Waals surface area contributed by atoms with Crippen LogP contribution in [0.1, 0.15) is 26.7 Å². The number of carbonyl (C=O) groups excluding carboxylic acids is 1. The van der Waals surface area contributed by atoms with E-state index < -0.39 is 15.1 Å². The summed E-state index contributed by atoms with van der Waals surface area (Å²) in [5.41, 5.74) is 2.15. The number of amides is 1. The number of aryl methyl sites for hydroxylation is 1. The third-order valence-corrected chi connectivity index (χ3v) is 7.58. The van der Waals surface area contributed by atoms with Crippen LogP contribution in [0.3, 0.4) is 0 Å². The summed E-state index contributed by atoms with van der Waals surface area (Å²) < 4.78 is 26.4. The van der Waals surface area contributed by atoms with Crippen molar-refractivity contribution in [3.63, 3.8) is 0 Å². The zero-order chi connectivity index (χ0) is 18.6. The molecule has 3 aromatic rings. The Kier molecular flexibility index (Phi) is 5.54. The molecule has 4 nitrogen and oxygen atoms in total. The number of hydrogen-bond acceptors (Lipinski definition) is 4. The smallest absolute Gasteiger partial charge is 0.251 e. The number of hydrogen-bond donors (Lipinski definition) is 1. The van der Waals surface area contributed by atoms with Gasteiger partial charge in [-0.25, -0.2) is 8.42 Å². The summed E-state index contributed by atoms with van der Waals surface area (Å²) in [6.45, 7) is 1.92. The molecule has 1 amide bonds. The zero-order valence-electron chi connectivity index (χ0n) is 14.3. The van der Waals surface area contributed by atoms with Crippen LogP contribution in [0, 0.1) is 6.92 Å². The first-order valence-corrected chi connectivity index (χ1v) is 10.6. The lowest BCUT2D eigenvalue weighted by Gasteiger charge is -2.18. The maximum absolute atomic E-state index is 13.1. The summed E-state index contributed by atoms with van der Waals surface area (Å²) in [4.78, 5) is 12.4. The maximum Gasteiger partial charge on any atom is 0.251 e. The van der Waals surface area contributed by atoms with Crippen LogP contribution in [0.25, 0.3) is 0 Å². The molecule has 0 fully saturated rings. The Morgan fingerprint density at radius 3 is 2.46 bits per heavy atom. The van der Waals surface area contributed by atoms with Gasteiger partial charge in [-0.15, -0.1) is 11.3 Å². The summed E-state index contributed by atoms with van der Waals surface area (Å²) in [7, 11) is -3.59. The molecule has 2 aromatic carbocycles. The Labute approximate surface area is 157 Å². The lowest BCUT2D eigenvalue weighted by molar-refractivity contribution is 0.0953. The van der Waals surface area contributed by atoms with Crippen LogP contribution in [0.5, 0.6) is 0 Å². The highest BCUT2D eigenvalue weighted by atomic mass is 32.2. The molecule has 0 unspecified atom stereocenters. The predicted molar refractivity (Wildman–Crippen MR) is 104 cm³/mol. The molecular weight excluding hydrogens is 366 g/mol. The van der Waals surface area contributed by atoms with Crippen molar-refractivity contribution in [1.82, 2.24) is 5.32 Å². The number of thiophene rings is 1. The standard InChI is InChI=1S/C20H19NO3S2/c1-15-7-5-10-17(13-15)20(22)21-14-18(16-8-3-2-4-9-16)26(23,24)19-11-6-12-25-19/h2-13,18H,14H2,1H3,(H,21,22)/t18-/m0/s1. The molecule has 0 aliphatic heterocycles. The second-order valence-corrected chi connectivity index (χ2v) is 9.26. The highest BCUT2D eigenvalue weighted by Crippen LogP contribution is 2.31. The van der Waals surface area contributed by atoms with Gasteiger partial charge in [0.1, 0.15) is 9.46 Å². The van der Waals surface area contributed by atoms with Crippen LogP contribution >= 0.6 is 11.3 Å². The van der Waals surface area contributed by atoms with Crippen LogP contribution in [-0.2, 0) is 9.84 Å². The summed E-state index contributed by atoms with van der Waals surface area (Å²) in [6.07, 6.45) is 0. The van der Waals surface area contributed by atoms with Gasteiger partial charge in [-0.05, 0) is 36.1 Å². The normalized spacial score (nSPS) is 12.5. The second kappa shape index (κ2) is 7.85. The van der Waals surface area contributed by atoms with E-state index in [4.69, 9.17) is 0 Å². The fourth-order valence-electron chi connectivity index (χ4n) is 2.71. The van der Waals surface area contributed by atoms with Crippen molar-refractivity contribution in [3.05, 3.63) is 88.8 Å². The monoisotopic (exact) mass is 385 g/mol. The molecule has 26 heavy (non-hydrogen) atoms. The molecular formula is C20H19NO3S2. The van der Waals surface area contributed by atoms with E-state index in [1.165, 1.54) is 11.3 Å². The fourth-order valence-corrected chi connectivity index (χ4v) is 5.58. The predicted octanol–water partition coefficient (Wildman–Crippen LogP) is 4.00. The SMILES string of the molecule is Cc1cccc(C(=O)NC[C@@H](c2ccccc2)S(=O)(=O)c2cccs2)c1. The molecule has 0 saturated heterocycles. The van der Waals surface area contributed by atoms with E-state index in [0.29, 0.717) is 15.3 Å². The molecule has 1 N–H and O–H groups in total. The summed E-state index contributed by atoms with van der Waals surface area (Å²) in [5, 5.41) is 3.68. The molecule has 0 saturated carbocycles. The van der Waals surface area contributed by atoms with Gasteiger partial charge in [-0.3, -0.25) is 4.79 Å². The van der Waals surface area contributed by atoms with Gasteiger partial charge in [0.15, 0.2) is 9.84 Å². The van der Waals surface area contributed by atoms with Crippen LogP contribution in [0.15, 0.2) is 76.3 Å². The summed E-state index contributed by atoms with van der Waals surface area (Å²) in [5.74, 6) is -0.281. The number of carbonyl (C=O) groups is 1. The molecule has 0 bridgehead atoms. The molecule has 1 heterocycles. The summed E-state index contributed by atoms with van der Waals surface area (Å²) in [6, 6.07) is 19.5. The van der Waals surface area contributed by atoms with Crippen molar-refractivity contribution >= 4 is 27.1 Å². The van der Waals surface area contributed by atoms with Gasteiger partial charge in [0.2, 0.25) is 0 Å². The van der Waals surface area contributed by atoms with E-state index >= 15 is 0 Å². The molecule has 0 aliphatic rings. The number of sulfone groups is 1. The van der Waals surface area contributed by atoms with Gasteiger partial charge in [0, 0.05) is 12.1 Å². The molecule has 3 rings (SSSR count). The van der Waals surface area contributed by atoms with Gasteiger partial charge >= 0.3 is 0 Å². The molecule has 0 aliphatic carbocycles. The van der Waals surface area contributed by atoms with Gasteiger partial charge in [-0.2, -0.15) is 0 Å². The fraction of sp³-hybridized carbons (Fsp3) is 0.150. The average Bonchev–Trinajstić information content (AvgIpc) is 3.18. The largest absolute Gasteiger partial charge is 0.350 e. The Balaban J connectivity index is 1.87. The third kappa shape index (κ3) is 4.03. The number of nitrogens with one attached hydrogen (secondary N) is 1. The van der Waals surface area contributed by atoms with E-state index in [-0.39, 0.29) is 12.5 Å². The first kappa shape index (κ1) is 18.4. The van der Waals surface area contributed by atoms with E-state index in [1.54, 1.807) is 60.0 Å². The quantitative estimate of drug-likeness (QED) is 0.697. The molecule has 0 spiro atoms. The van der Waals surface area contributed by atoms with Gasteiger partial charge in [-0.1, -0.05) is 54.1 Å². The highest BCUT2D eigenvalue weighted by Gasteiger charge is 2.30. The minimum absolute atomic E-state index is 0.0109. The van der Waals surface area contributed by atoms with Crippen LogP contribution in [0.2, 0.25) is 0 Å². The van der Waals surface area contributed by atoms with E-state index in [0.717, 1.165) is 5.56 Å². The third-order valence-electron chi connectivity index (χ3n) is 4.05. The van der Waals surface area contributed by atoms with Crippen molar-refractivity contribution in [3.8, 4) is 0 Å². The Morgan fingerprint density at radius 1 is 1.04 bits per heavy atom. The topological polar surface area (TPSA) is 63.2 Å². The molecule has 0 radical (unpaired) electrons. The Hall–Kier alpha value is -2.44. The first-order valence-electron chi connectivity index (χ1n) is 8.15. The van der Waals surface area contributed by atoms with Crippen molar-refractivity contribution in [1.29, 1.82) is 0 Å². The van der Waals surface area contributed by atoms with E-state index in [1.807, 2.05) is 19.1 Å². The van der Waals surface area contributed by atoms with Crippen molar-refractivity contribution in [2.75, 3.05) is 6.54 Å². The van der Waals surface area contributed by atoms with Crippen LogP contribution in [-0.4, -0.2) is 20.9 Å². The minimum Gasteiger partial charge on any atom is -0.350 e. The van der Waals surface area contributed by atoms with Crippen LogP contribution in [0.4, 0.5) is 0 Å². The minimum atomic E-state index is -3.59. The first-order chi connectivity index (χ1) is 12.5. The van der Waals surface area contributed by atoms with Crippen molar-refractivity contribution in [2.45, 2.75) is 16.4 Å². The second-order valence-electron chi connectivity index (χ2n) is 5.96.